The van der Waals surface area contributed by atoms with Crippen LogP contribution in [0.15, 0.2) is 65.5 Å². The first-order valence-corrected chi connectivity index (χ1v) is 10.6. The van der Waals surface area contributed by atoms with E-state index in [-0.39, 0.29) is 18.0 Å². The SMILES string of the molecule is O=C(Cn1nc(N2CCN(c3cccc(Cl)c3)CC2)ccc1=O)Nc1cccc(Cl)c1. The molecule has 0 atom stereocenters. The summed E-state index contributed by atoms with van der Waals surface area (Å²) in [5.74, 6) is 0.320. The van der Waals surface area contributed by atoms with Crippen molar-refractivity contribution in [1.29, 1.82) is 0 Å². The number of carbonyl (C=O) groups excluding carboxylic acids is 1. The van der Waals surface area contributed by atoms with Crippen LogP contribution in [0.25, 0.3) is 0 Å². The zero-order valence-electron chi connectivity index (χ0n) is 16.7. The van der Waals surface area contributed by atoms with E-state index in [2.05, 4.69) is 20.2 Å². The fourth-order valence-corrected chi connectivity index (χ4v) is 3.86. The monoisotopic (exact) mass is 457 g/mol. The first kappa shape index (κ1) is 21.2. The Kier molecular flexibility index (Phi) is 6.44. The predicted molar refractivity (Wildman–Crippen MR) is 124 cm³/mol. The molecule has 1 amide bonds. The van der Waals surface area contributed by atoms with Crippen LogP contribution < -0.4 is 20.7 Å². The number of halogens is 2. The number of piperazine rings is 1. The molecular weight excluding hydrogens is 437 g/mol. The largest absolute Gasteiger partial charge is 0.368 e. The van der Waals surface area contributed by atoms with Gasteiger partial charge in [-0.3, -0.25) is 9.59 Å². The minimum atomic E-state index is -0.347. The van der Waals surface area contributed by atoms with Gasteiger partial charge in [-0.15, -0.1) is 0 Å². The summed E-state index contributed by atoms with van der Waals surface area (Å²) in [6.07, 6.45) is 0. The van der Waals surface area contributed by atoms with Crippen LogP contribution in [0.2, 0.25) is 10.0 Å². The van der Waals surface area contributed by atoms with Crippen molar-refractivity contribution in [2.45, 2.75) is 6.54 Å². The standard InChI is InChI=1S/C22H21Cl2N5O2/c23-16-3-1-5-18(13-16)25-21(30)15-29-22(31)8-7-20(26-29)28-11-9-27(10-12-28)19-6-2-4-17(24)14-19/h1-8,13-14H,9-12,15H2,(H,25,30). The number of benzene rings is 2. The molecule has 9 heteroatoms. The van der Waals surface area contributed by atoms with Crippen LogP contribution in [0.1, 0.15) is 0 Å². The van der Waals surface area contributed by atoms with Crippen molar-refractivity contribution in [3.63, 3.8) is 0 Å². The number of hydrogen-bond acceptors (Lipinski definition) is 5. The predicted octanol–water partition coefficient (Wildman–Crippen LogP) is 3.52. The molecule has 1 aliphatic rings. The highest BCUT2D eigenvalue weighted by molar-refractivity contribution is 6.31. The molecule has 3 aromatic rings. The molecule has 4 rings (SSSR count). The normalized spacial score (nSPS) is 13.9. The van der Waals surface area contributed by atoms with E-state index in [0.29, 0.717) is 21.6 Å². The van der Waals surface area contributed by atoms with Crippen LogP contribution in [-0.4, -0.2) is 41.9 Å². The zero-order chi connectivity index (χ0) is 21.8. The lowest BCUT2D eigenvalue weighted by Gasteiger charge is -2.36. The van der Waals surface area contributed by atoms with Crippen molar-refractivity contribution >= 4 is 46.3 Å². The Labute approximate surface area is 189 Å². The van der Waals surface area contributed by atoms with Crippen LogP contribution in [-0.2, 0) is 11.3 Å². The van der Waals surface area contributed by atoms with Gasteiger partial charge in [0.2, 0.25) is 5.91 Å². The van der Waals surface area contributed by atoms with Gasteiger partial charge in [0.15, 0.2) is 0 Å². The molecule has 1 aliphatic heterocycles. The Morgan fingerprint density at radius 3 is 2.29 bits per heavy atom. The summed E-state index contributed by atoms with van der Waals surface area (Å²) in [6, 6.07) is 17.8. The topological polar surface area (TPSA) is 70.5 Å². The van der Waals surface area contributed by atoms with E-state index in [4.69, 9.17) is 23.2 Å². The zero-order valence-corrected chi connectivity index (χ0v) is 18.2. The van der Waals surface area contributed by atoms with Gasteiger partial charge in [0.05, 0.1) is 0 Å². The summed E-state index contributed by atoms with van der Waals surface area (Å²) in [7, 11) is 0. The minimum Gasteiger partial charge on any atom is -0.368 e. The Morgan fingerprint density at radius 1 is 0.903 bits per heavy atom. The van der Waals surface area contributed by atoms with Gasteiger partial charge in [0.1, 0.15) is 12.4 Å². The Hall–Kier alpha value is -3.03. The maximum atomic E-state index is 12.4. The number of amides is 1. The number of hydrogen-bond donors (Lipinski definition) is 1. The third-order valence-electron chi connectivity index (χ3n) is 5.03. The highest BCUT2D eigenvalue weighted by Crippen LogP contribution is 2.22. The second-order valence-corrected chi connectivity index (χ2v) is 8.07. The van der Waals surface area contributed by atoms with Crippen molar-refractivity contribution in [1.82, 2.24) is 9.78 Å². The van der Waals surface area contributed by atoms with Gasteiger partial charge in [-0.2, -0.15) is 5.10 Å². The number of nitrogens with one attached hydrogen (secondary N) is 1. The summed E-state index contributed by atoms with van der Waals surface area (Å²) < 4.78 is 1.18. The van der Waals surface area contributed by atoms with Crippen LogP contribution in [0.3, 0.4) is 0 Å². The summed E-state index contributed by atoms with van der Waals surface area (Å²) >= 11 is 12.0. The maximum absolute atomic E-state index is 12.4. The van der Waals surface area contributed by atoms with Crippen molar-refractivity contribution in [3.05, 3.63) is 81.1 Å². The molecule has 0 aliphatic carbocycles. The summed E-state index contributed by atoms with van der Waals surface area (Å²) in [5, 5.41) is 8.38. The van der Waals surface area contributed by atoms with Crippen LogP contribution in [0.5, 0.6) is 0 Å². The lowest BCUT2D eigenvalue weighted by atomic mass is 10.2. The summed E-state index contributed by atoms with van der Waals surface area (Å²) in [4.78, 5) is 29.0. The first-order chi connectivity index (χ1) is 15.0. The molecular formula is C22H21Cl2N5O2. The van der Waals surface area contributed by atoms with Crippen molar-refractivity contribution in [2.75, 3.05) is 41.3 Å². The number of rotatable bonds is 5. The lowest BCUT2D eigenvalue weighted by molar-refractivity contribution is -0.117. The number of nitrogens with zero attached hydrogens (tertiary/aromatic N) is 4. The van der Waals surface area contributed by atoms with E-state index in [1.807, 2.05) is 24.3 Å². The average molecular weight is 458 g/mol. The molecule has 0 bridgehead atoms. The number of aromatic nitrogens is 2. The lowest BCUT2D eigenvalue weighted by Crippen LogP contribution is -2.47. The summed E-state index contributed by atoms with van der Waals surface area (Å²) in [6.45, 7) is 2.91. The molecule has 2 aromatic carbocycles. The summed E-state index contributed by atoms with van der Waals surface area (Å²) in [5.41, 5.74) is 1.32. The van der Waals surface area contributed by atoms with Gasteiger partial charge in [-0.05, 0) is 42.5 Å². The van der Waals surface area contributed by atoms with E-state index in [9.17, 15) is 9.59 Å². The van der Waals surface area contributed by atoms with Gasteiger partial charge >= 0.3 is 0 Å². The smallest absolute Gasteiger partial charge is 0.267 e. The first-order valence-electron chi connectivity index (χ1n) is 9.87. The molecule has 7 nitrogen and oxygen atoms in total. The number of carbonyl (C=O) groups is 1. The highest BCUT2D eigenvalue weighted by Gasteiger charge is 2.19. The maximum Gasteiger partial charge on any atom is 0.267 e. The Bertz CT molecular complexity index is 1140. The van der Waals surface area contributed by atoms with Crippen LogP contribution in [0.4, 0.5) is 17.2 Å². The molecule has 0 unspecified atom stereocenters. The third kappa shape index (κ3) is 5.37. The minimum absolute atomic E-state index is 0.179. The molecule has 1 aromatic heterocycles. The van der Waals surface area contributed by atoms with E-state index >= 15 is 0 Å². The van der Waals surface area contributed by atoms with Crippen LogP contribution >= 0.6 is 23.2 Å². The van der Waals surface area contributed by atoms with E-state index < -0.39 is 0 Å². The Morgan fingerprint density at radius 2 is 1.58 bits per heavy atom. The van der Waals surface area contributed by atoms with Gasteiger partial charge in [-0.1, -0.05) is 35.3 Å². The highest BCUT2D eigenvalue weighted by atomic mass is 35.5. The van der Waals surface area contributed by atoms with Crippen LogP contribution in [0, 0.1) is 0 Å². The fraction of sp³-hybridized carbons (Fsp3) is 0.227. The molecule has 1 fully saturated rings. The van der Waals surface area contributed by atoms with Crippen molar-refractivity contribution in [2.24, 2.45) is 0 Å². The van der Waals surface area contributed by atoms with Crippen molar-refractivity contribution in [3.8, 4) is 0 Å². The van der Waals surface area contributed by atoms with Gasteiger partial charge in [-0.25, -0.2) is 4.68 Å². The van der Waals surface area contributed by atoms with E-state index in [1.54, 1.807) is 30.3 Å². The second kappa shape index (κ2) is 9.41. The third-order valence-corrected chi connectivity index (χ3v) is 5.50. The van der Waals surface area contributed by atoms with Gasteiger partial charge < -0.3 is 15.1 Å². The second-order valence-electron chi connectivity index (χ2n) is 7.20. The molecule has 0 saturated carbocycles. The molecule has 0 radical (unpaired) electrons. The quantitative estimate of drug-likeness (QED) is 0.634. The molecule has 0 spiro atoms. The van der Waals surface area contributed by atoms with E-state index in [1.165, 1.54) is 10.7 Å². The van der Waals surface area contributed by atoms with Gasteiger partial charge in [0.25, 0.3) is 5.56 Å². The molecule has 160 valence electrons. The molecule has 31 heavy (non-hydrogen) atoms. The Balaban J connectivity index is 1.41. The number of anilines is 3. The fourth-order valence-electron chi connectivity index (χ4n) is 3.49. The molecule has 1 saturated heterocycles. The van der Waals surface area contributed by atoms with Gasteiger partial charge in [0, 0.05) is 53.7 Å². The molecule has 1 N–H and O–H groups in total. The average Bonchev–Trinajstić information content (AvgIpc) is 2.75. The molecule has 2 heterocycles. The van der Waals surface area contributed by atoms with E-state index in [0.717, 1.165) is 31.9 Å². The van der Waals surface area contributed by atoms with Crippen molar-refractivity contribution < 1.29 is 4.79 Å².